The van der Waals surface area contributed by atoms with Crippen LogP contribution in [0.2, 0.25) is 0 Å². The molecule has 0 radical (unpaired) electrons. The van der Waals surface area contributed by atoms with Gasteiger partial charge in [0.2, 0.25) is 0 Å². The Hall–Kier alpha value is -1.50. The zero-order chi connectivity index (χ0) is 16.3. The van der Waals surface area contributed by atoms with Crippen molar-refractivity contribution in [2.75, 3.05) is 0 Å². The number of phenols is 1. The number of rotatable bonds is 11. The lowest BCUT2D eigenvalue weighted by atomic mass is 10.0. The van der Waals surface area contributed by atoms with E-state index in [4.69, 9.17) is 0 Å². The highest BCUT2D eigenvalue weighted by atomic mass is 16.3. The third kappa shape index (κ3) is 6.64. The minimum Gasteiger partial charge on any atom is -0.508 e. The molecule has 0 spiro atoms. The average Bonchev–Trinajstić information content (AvgIpc) is 2.56. The molecule has 2 aromatic carbocycles. The Morgan fingerprint density at radius 2 is 1.22 bits per heavy atom. The van der Waals surface area contributed by atoms with E-state index in [0.29, 0.717) is 5.75 Å². The largest absolute Gasteiger partial charge is 0.508 e. The number of hydrogen-bond acceptors (Lipinski definition) is 1. The Kier molecular flexibility index (Phi) is 8.00. The molecule has 0 aliphatic rings. The van der Waals surface area contributed by atoms with Gasteiger partial charge in [0.15, 0.2) is 0 Å². The van der Waals surface area contributed by atoms with E-state index in [2.05, 4.69) is 25.1 Å². The average molecular weight is 312 g/mol. The summed E-state index contributed by atoms with van der Waals surface area (Å²) in [6, 6.07) is 12.2. The third-order valence-corrected chi connectivity index (χ3v) is 4.71. The molecule has 0 heterocycles. The van der Waals surface area contributed by atoms with Crippen molar-refractivity contribution in [2.24, 2.45) is 0 Å². The maximum absolute atomic E-state index is 9.50. The number of phenolic OH excluding ortho intramolecular Hbond substituents is 1. The van der Waals surface area contributed by atoms with E-state index in [1.807, 2.05) is 12.1 Å². The second-order valence-corrected chi connectivity index (χ2v) is 6.80. The van der Waals surface area contributed by atoms with Gasteiger partial charge in [-0.1, -0.05) is 89.0 Å². The molecule has 1 nitrogen and oxygen atoms in total. The minimum atomic E-state index is 0.347. The fourth-order valence-corrected chi connectivity index (χ4v) is 3.25. The first-order chi connectivity index (χ1) is 11.3. The van der Waals surface area contributed by atoms with Crippen molar-refractivity contribution in [3.05, 3.63) is 42.0 Å². The molecule has 0 saturated heterocycles. The molecule has 2 rings (SSSR count). The lowest BCUT2D eigenvalue weighted by Gasteiger charge is -2.05. The van der Waals surface area contributed by atoms with Crippen LogP contribution in [0.1, 0.15) is 76.7 Å². The van der Waals surface area contributed by atoms with Gasteiger partial charge in [-0.2, -0.15) is 0 Å². The van der Waals surface area contributed by atoms with Gasteiger partial charge in [0.05, 0.1) is 0 Å². The molecule has 1 heteroatoms. The maximum atomic E-state index is 9.50. The molecule has 0 saturated carbocycles. The van der Waals surface area contributed by atoms with Crippen LogP contribution in [0.3, 0.4) is 0 Å². The van der Waals surface area contributed by atoms with Crippen molar-refractivity contribution in [1.29, 1.82) is 0 Å². The van der Waals surface area contributed by atoms with Gasteiger partial charge in [-0.25, -0.2) is 0 Å². The van der Waals surface area contributed by atoms with Gasteiger partial charge in [-0.3, -0.25) is 0 Å². The predicted octanol–water partition coefficient (Wildman–Crippen LogP) is 7.01. The monoisotopic (exact) mass is 312 g/mol. The normalized spacial score (nSPS) is 11.2. The standard InChI is InChI=1S/C22H32O/c1-2-3-4-5-6-7-8-9-10-11-12-19-13-14-21-18-22(23)16-15-20(21)17-19/h13-18,23H,2-12H2,1H3. The fraction of sp³-hybridized carbons (Fsp3) is 0.545. The number of aryl methyl sites for hydroxylation is 1. The first-order valence-corrected chi connectivity index (χ1v) is 9.51. The summed E-state index contributed by atoms with van der Waals surface area (Å²) in [7, 11) is 0. The number of unbranched alkanes of at least 4 members (excludes halogenated alkanes) is 9. The van der Waals surface area contributed by atoms with Crippen molar-refractivity contribution in [3.63, 3.8) is 0 Å². The first kappa shape index (κ1) is 17.8. The molecule has 2 aromatic rings. The van der Waals surface area contributed by atoms with Crippen LogP contribution in [0, 0.1) is 0 Å². The van der Waals surface area contributed by atoms with Crippen LogP contribution in [0.4, 0.5) is 0 Å². The number of fused-ring (bicyclic) bond motifs is 1. The Morgan fingerprint density at radius 1 is 0.652 bits per heavy atom. The van der Waals surface area contributed by atoms with Gasteiger partial charge in [0, 0.05) is 0 Å². The maximum Gasteiger partial charge on any atom is 0.116 e. The summed E-state index contributed by atoms with van der Waals surface area (Å²) in [5, 5.41) is 11.9. The zero-order valence-corrected chi connectivity index (χ0v) is 14.7. The second kappa shape index (κ2) is 10.3. The van der Waals surface area contributed by atoms with Crippen LogP contribution >= 0.6 is 0 Å². The van der Waals surface area contributed by atoms with Gasteiger partial charge in [0.25, 0.3) is 0 Å². The summed E-state index contributed by atoms with van der Waals surface area (Å²) in [4.78, 5) is 0. The summed E-state index contributed by atoms with van der Waals surface area (Å²) >= 11 is 0. The Bertz CT molecular complexity index is 573. The molecule has 0 aromatic heterocycles. The molecule has 0 aliphatic heterocycles. The van der Waals surface area contributed by atoms with Crippen molar-refractivity contribution in [1.82, 2.24) is 0 Å². The van der Waals surface area contributed by atoms with Gasteiger partial charge >= 0.3 is 0 Å². The molecular weight excluding hydrogens is 280 g/mol. The highest BCUT2D eigenvalue weighted by molar-refractivity contribution is 5.84. The van der Waals surface area contributed by atoms with Crippen LogP contribution in [-0.2, 0) is 6.42 Å². The van der Waals surface area contributed by atoms with Gasteiger partial charge < -0.3 is 5.11 Å². The summed E-state index contributed by atoms with van der Waals surface area (Å²) in [6.45, 7) is 2.28. The Balaban J connectivity index is 1.58. The van der Waals surface area contributed by atoms with Crippen molar-refractivity contribution in [3.8, 4) is 5.75 Å². The SMILES string of the molecule is CCCCCCCCCCCCc1ccc2cc(O)ccc2c1. The molecule has 0 atom stereocenters. The molecule has 0 unspecified atom stereocenters. The van der Waals surface area contributed by atoms with Crippen molar-refractivity contribution in [2.45, 2.75) is 77.6 Å². The van der Waals surface area contributed by atoms with Crippen LogP contribution in [0.25, 0.3) is 10.8 Å². The highest BCUT2D eigenvalue weighted by Crippen LogP contribution is 2.22. The zero-order valence-electron chi connectivity index (χ0n) is 14.7. The summed E-state index contributed by atoms with van der Waals surface area (Å²) in [5.74, 6) is 0.347. The lowest BCUT2D eigenvalue weighted by molar-refractivity contribution is 0.476. The molecule has 23 heavy (non-hydrogen) atoms. The van der Waals surface area contributed by atoms with E-state index in [1.54, 1.807) is 6.07 Å². The van der Waals surface area contributed by atoms with Gasteiger partial charge in [0.1, 0.15) is 5.75 Å². The number of hydrogen-bond donors (Lipinski definition) is 1. The number of aromatic hydroxyl groups is 1. The quantitative estimate of drug-likeness (QED) is 0.442. The molecule has 0 amide bonds. The highest BCUT2D eigenvalue weighted by Gasteiger charge is 1.99. The van der Waals surface area contributed by atoms with Crippen LogP contribution < -0.4 is 0 Å². The summed E-state index contributed by atoms with van der Waals surface area (Å²) in [6.07, 6.45) is 15.1. The third-order valence-electron chi connectivity index (χ3n) is 4.71. The Morgan fingerprint density at radius 3 is 1.91 bits per heavy atom. The van der Waals surface area contributed by atoms with Crippen molar-refractivity contribution < 1.29 is 5.11 Å². The predicted molar refractivity (Wildman–Crippen MR) is 101 cm³/mol. The molecule has 1 N–H and O–H groups in total. The van der Waals surface area contributed by atoms with E-state index in [9.17, 15) is 5.11 Å². The molecule has 126 valence electrons. The van der Waals surface area contributed by atoms with Crippen LogP contribution in [0.15, 0.2) is 36.4 Å². The van der Waals surface area contributed by atoms with Gasteiger partial charge in [-0.15, -0.1) is 0 Å². The van der Waals surface area contributed by atoms with E-state index in [1.165, 1.54) is 81.6 Å². The van der Waals surface area contributed by atoms with E-state index >= 15 is 0 Å². The van der Waals surface area contributed by atoms with Crippen molar-refractivity contribution >= 4 is 10.8 Å². The molecule has 0 bridgehead atoms. The lowest BCUT2D eigenvalue weighted by Crippen LogP contribution is -1.87. The van der Waals surface area contributed by atoms with E-state index in [0.717, 1.165) is 5.39 Å². The van der Waals surface area contributed by atoms with Crippen LogP contribution in [-0.4, -0.2) is 5.11 Å². The smallest absolute Gasteiger partial charge is 0.116 e. The topological polar surface area (TPSA) is 20.2 Å². The van der Waals surface area contributed by atoms with E-state index < -0.39 is 0 Å². The summed E-state index contributed by atoms with van der Waals surface area (Å²) in [5.41, 5.74) is 1.42. The molecule has 0 aliphatic carbocycles. The second-order valence-electron chi connectivity index (χ2n) is 6.80. The van der Waals surface area contributed by atoms with E-state index in [-0.39, 0.29) is 0 Å². The molecular formula is C22H32O. The minimum absolute atomic E-state index is 0.347. The first-order valence-electron chi connectivity index (χ1n) is 9.51. The number of benzene rings is 2. The molecule has 0 fully saturated rings. The Labute approximate surface area is 141 Å². The summed E-state index contributed by atoms with van der Waals surface area (Å²) < 4.78 is 0. The van der Waals surface area contributed by atoms with Gasteiger partial charge in [-0.05, 0) is 41.3 Å². The van der Waals surface area contributed by atoms with Crippen LogP contribution in [0.5, 0.6) is 5.75 Å². The fourth-order valence-electron chi connectivity index (χ4n) is 3.25.